The molecule has 3 aromatic rings. The third kappa shape index (κ3) is 4.69. The van der Waals surface area contributed by atoms with E-state index in [0.717, 1.165) is 5.56 Å². The number of benzene rings is 2. The average molecular weight is 366 g/mol. The molecule has 0 radical (unpaired) electrons. The fraction of sp³-hybridized carbons (Fsp3) is 0.158. The van der Waals surface area contributed by atoms with Gasteiger partial charge >= 0.3 is 0 Å². The van der Waals surface area contributed by atoms with Gasteiger partial charge < -0.3 is 19.4 Å². The molecule has 8 nitrogen and oxygen atoms in total. The molecule has 0 atom stereocenters. The van der Waals surface area contributed by atoms with Crippen LogP contribution in [-0.4, -0.2) is 47.6 Å². The first-order valence-corrected chi connectivity index (χ1v) is 8.14. The lowest BCUT2D eigenvalue weighted by molar-refractivity contribution is -0.118. The number of nitrogens with zero attached hydrogens (tertiary/aromatic N) is 3. The number of aromatic nitrogens is 2. The van der Waals surface area contributed by atoms with Gasteiger partial charge in [0.05, 0.1) is 0 Å². The van der Waals surface area contributed by atoms with Crippen LogP contribution in [0.5, 0.6) is 5.75 Å². The van der Waals surface area contributed by atoms with Gasteiger partial charge in [-0.05, 0) is 48.5 Å². The molecule has 0 aliphatic heterocycles. The van der Waals surface area contributed by atoms with Gasteiger partial charge in [0.25, 0.3) is 11.8 Å². The number of hydrogen-bond acceptors (Lipinski definition) is 6. The summed E-state index contributed by atoms with van der Waals surface area (Å²) in [5.74, 6) is 0.554. The number of anilines is 1. The van der Waals surface area contributed by atoms with E-state index in [0.29, 0.717) is 22.9 Å². The number of carbonyl (C=O) groups is 2. The van der Waals surface area contributed by atoms with Crippen LogP contribution in [0.4, 0.5) is 5.69 Å². The van der Waals surface area contributed by atoms with Crippen LogP contribution < -0.4 is 10.1 Å². The van der Waals surface area contributed by atoms with Crippen LogP contribution in [0.2, 0.25) is 0 Å². The Kier molecular flexibility index (Phi) is 5.46. The smallest absolute Gasteiger partial charge is 0.262 e. The fourth-order valence-corrected chi connectivity index (χ4v) is 2.29. The average Bonchev–Trinajstić information content (AvgIpc) is 3.21. The Balaban J connectivity index is 1.51. The molecule has 2 aromatic carbocycles. The number of ether oxygens (including phenoxy) is 1. The van der Waals surface area contributed by atoms with Gasteiger partial charge in [-0.15, -0.1) is 10.2 Å². The lowest BCUT2D eigenvalue weighted by Gasteiger charge is -2.11. The van der Waals surface area contributed by atoms with Crippen molar-refractivity contribution in [3.63, 3.8) is 0 Å². The molecule has 0 fully saturated rings. The summed E-state index contributed by atoms with van der Waals surface area (Å²) in [6.45, 7) is -0.141. The summed E-state index contributed by atoms with van der Waals surface area (Å²) in [5.41, 5.74) is 1.90. The van der Waals surface area contributed by atoms with E-state index >= 15 is 0 Å². The molecule has 138 valence electrons. The van der Waals surface area contributed by atoms with Crippen LogP contribution in [0.3, 0.4) is 0 Å². The first-order valence-electron chi connectivity index (χ1n) is 8.14. The van der Waals surface area contributed by atoms with Crippen molar-refractivity contribution in [3.05, 3.63) is 60.5 Å². The summed E-state index contributed by atoms with van der Waals surface area (Å²) in [6, 6.07) is 13.6. The second-order valence-electron chi connectivity index (χ2n) is 5.88. The highest BCUT2D eigenvalue weighted by Crippen LogP contribution is 2.20. The largest absolute Gasteiger partial charge is 0.484 e. The minimum absolute atomic E-state index is 0.0970. The maximum absolute atomic E-state index is 12.0. The first-order chi connectivity index (χ1) is 13.0. The minimum atomic E-state index is -0.303. The van der Waals surface area contributed by atoms with E-state index in [9.17, 15) is 9.59 Å². The summed E-state index contributed by atoms with van der Waals surface area (Å²) in [5, 5.41) is 10.2. The second kappa shape index (κ2) is 8.13. The monoisotopic (exact) mass is 366 g/mol. The third-order valence-corrected chi connectivity index (χ3v) is 3.65. The summed E-state index contributed by atoms with van der Waals surface area (Å²) >= 11 is 0. The van der Waals surface area contributed by atoms with Gasteiger partial charge in [0.1, 0.15) is 5.75 Å². The SMILES string of the molecule is CN(C)C(=O)c1ccc(NC(=O)COc2ccc(-c3nnco3)cc2)cc1. The zero-order valence-electron chi connectivity index (χ0n) is 14.9. The predicted molar refractivity (Wildman–Crippen MR) is 98.3 cm³/mol. The molecule has 0 bridgehead atoms. The molecule has 1 N–H and O–H groups in total. The van der Waals surface area contributed by atoms with Crippen molar-refractivity contribution in [3.8, 4) is 17.2 Å². The van der Waals surface area contributed by atoms with Crippen molar-refractivity contribution < 1.29 is 18.7 Å². The molecule has 0 spiro atoms. The lowest BCUT2D eigenvalue weighted by Crippen LogP contribution is -2.22. The molecule has 0 saturated heterocycles. The first kappa shape index (κ1) is 18.1. The second-order valence-corrected chi connectivity index (χ2v) is 5.88. The standard InChI is InChI=1S/C19H18N4O4/c1-23(2)19(25)14-3-7-15(8-4-14)21-17(24)11-26-16-9-5-13(6-10-16)18-22-20-12-27-18/h3-10,12H,11H2,1-2H3,(H,21,24). The Morgan fingerprint density at radius 1 is 1.07 bits per heavy atom. The number of nitrogens with one attached hydrogen (secondary N) is 1. The molecule has 2 amide bonds. The van der Waals surface area contributed by atoms with E-state index in [1.165, 1.54) is 11.3 Å². The van der Waals surface area contributed by atoms with Crippen LogP contribution in [-0.2, 0) is 4.79 Å². The van der Waals surface area contributed by atoms with Gasteiger partial charge in [0.2, 0.25) is 12.3 Å². The Hall–Kier alpha value is -3.68. The van der Waals surface area contributed by atoms with Crippen molar-refractivity contribution in [1.82, 2.24) is 15.1 Å². The van der Waals surface area contributed by atoms with Crippen LogP contribution in [0.25, 0.3) is 11.5 Å². The highest BCUT2D eigenvalue weighted by Gasteiger charge is 2.09. The maximum Gasteiger partial charge on any atom is 0.262 e. The topological polar surface area (TPSA) is 97.6 Å². The molecular weight excluding hydrogens is 348 g/mol. The molecule has 0 aliphatic rings. The Labute approximate surface area is 155 Å². The van der Waals surface area contributed by atoms with Crippen molar-refractivity contribution in [2.75, 3.05) is 26.0 Å². The third-order valence-electron chi connectivity index (χ3n) is 3.65. The Morgan fingerprint density at radius 2 is 1.78 bits per heavy atom. The van der Waals surface area contributed by atoms with Crippen molar-refractivity contribution in [1.29, 1.82) is 0 Å². The van der Waals surface area contributed by atoms with Crippen LogP contribution in [0.15, 0.2) is 59.3 Å². The number of hydrogen-bond donors (Lipinski definition) is 1. The molecule has 27 heavy (non-hydrogen) atoms. The van der Waals surface area contributed by atoms with E-state index in [4.69, 9.17) is 9.15 Å². The van der Waals surface area contributed by atoms with E-state index in [2.05, 4.69) is 15.5 Å². The van der Waals surface area contributed by atoms with Gasteiger partial charge in [0, 0.05) is 30.9 Å². The fourth-order valence-electron chi connectivity index (χ4n) is 2.29. The zero-order chi connectivity index (χ0) is 19.2. The summed E-state index contributed by atoms with van der Waals surface area (Å²) < 4.78 is 10.6. The summed E-state index contributed by atoms with van der Waals surface area (Å²) in [6.07, 6.45) is 1.26. The highest BCUT2D eigenvalue weighted by atomic mass is 16.5. The molecule has 1 heterocycles. The summed E-state index contributed by atoms with van der Waals surface area (Å²) in [4.78, 5) is 25.4. The highest BCUT2D eigenvalue weighted by molar-refractivity contribution is 5.95. The van der Waals surface area contributed by atoms with Crippen LogP contribution in [0.1, 0.15) is 10.4 Å². The van der Waals surface area contributed by atoms with E-state index in [1.807, 2.05) is 0 Å². The summed E-state index contributed by atoms with van der Waals surface area (Å²) in [7, 11) is 3.37. The van der Waals surface area contributed by atoms with Gasteiger partial charge in [-0.3, -0.25) is 9.59 Å². The molecule has 8 heteroatoms. The van der Waals surface area contributed by atoms with E-state index < -0.39 is 0 Å². The maximum atomic E-state index is 12.0. The molecule has 1 aromatic heterocycles. The number of rotatable bonds is 6. The molecule has 0 saturated carbocycles. The zero-order valence-corrected chi connectivity index (χ0v) is 14.9. The number of carbonyl (C=O) groups excluding carboxylic acids is 2. The quantitative estimate of drug-likeness (QED) is 0.720. The molecule has 0 aliphatic carbocycles. The van der Waals surface area contributed by atoms with Gasteiger partial charge in [-0.1, -0.05) is 0 Å². The van der Waals surface area contributed by atoms with Crippen LogP contribution >= 0.6 is 0 Å². The van der Waals surface area contributed by atoms with E-state index in [-0.39, 0.29) is 18.4 Å². The van der Waals surface area contributed by atoms with E-state index in [1.54, 1.807) is 62.6 Å². The van der Waals surface area contributed by atoms with Gasteiger partial charge in [-0.2, -0.15) is 0 Å². The molecular formula is C19H18N4O4. The van der Waals surface area contributed by atoms with Gasteiger partial charge in [0.15, 0.2) is 6.61 Å². The Morgan fingerprint density at radius 3 is 2.37 bits per heavy atom. The van der Waals surface area contributed by atoms with Crippen LogP contribution in [0, 0.1) is 0 Å². The normalized spacial score (nSPS) is 10.3. The predicted octanol–water partition coefficient (Wildman–Crippen LogP) is 2.46. The molecule has 0 unspecified atom stereocenters. The van der Waals surface area contributed by atoms with Gasteiger partial charge in [-0.25, -0.2) is 0 Å². The lowest BCUT2D eigenvalue weighted by atomic mass is 10.2. The molecule has 3 rings (SSSR count). The van der Waals surface area contributed by atoms with Crippen molar-refractivity contribution in [2.45, 2.75) is 0 Å². The minimum Gasteiger partial charge on any atom is -0.484 e. The van der Waals surface area contributed by atoms with Crippen molar-refractivity contribution in [2.24, 2.45) is 0 Å². The number of amides is 2. The van der Waals surface area contributed by atoms with Crippen molar-refractivity contribution >= 4 is 17.5 Å². The Bertz CT molecular complexity index is 904.